The Morgan fingerprint density at radius 1 is 0.408 bits per heavy atom. The molecule has 0 aromatic rings. The van der Waals surface area contributed by atoms with E-state index < -0.39 is 134 Å². The Bertz CT molecular complexity index is 1800. The molecular formula is C43H67N5O17S6. The van der Waals surface area contributed by atoms with Gasteiger partial charge in [0.05, 0.1) is 5.92 Å². The van der Waals surface area contributed by atoms with Crippen molar-refractivity contribution in [3.63, 3.8) is 0 Å². The SMILES string of the molecule is O=C(O)CCCCCCCCCCCCC(=O)N[C@@H](CCC(=O)N[C@@H](CCC(=O)N[C@@H](CCC(=O)C[C@@H](CCC(=O)NCCCC[C@H](NC1SSC2(SS1)SS2)C(=O)O)C(=O)O)C(=O)O)C(=O)O)C(=O)O. The first kappa shape index (κ1) is 63.5. The van der Waals surface area contributed by atoms with Crippen molar-refractivity contribution < 1.29 is 83.4 Å². The third-order valence-corrected chi connectivity index (χ3v) is 24.5. The van der Waals surface area contributed by atoms with Crippen LogP contribution in [-0.2, 0) is 52.7 Å². The van der Waals surface area contributed by atoms with Crippen molar-refractivity contribution in [1.82, 2.24) is 26.6 Å². The van der Waals surface area contributed by atoms with E-state index in [9.17, 15) is 78.3 Å². The fourth-order valence-corrected chi connectivity index (χ4v) is 20.0. The van der Waals surface area contributed by atoms with Crippen molar-refractivity contribution in [1.29, 1.82) is 0 Å². The third-order valence-electron chi connectivity index (χ3n) is 11.1. The topological polar surface area (TPSA) is 369 Å². The minimum absolute atomic E-state index is 0.0777. The van der Waals surface area contributed by atoms with Crippen LogP contribution in [0.5, 0.6) is 0 Å². The number of carboxylic acid groups (broad SMARTS) is 6. The number of carbonyl (C=O) groups is 11. The van der Waals surface area contributed by atoms with Gasteiger partial charge in [0.25, 0.3) is 0 Å². The first-order valence-electron chi connectivity index (χ1n) is 23.5. The van der Waals surface area contributed by atoms with Crippen LogP contribution < -0.4 is 26.6 Å². The molecule has 1 spiro atoms. The molecule has 0 saturated carbocycles. The molecule has 402 valence electrons. The fourth-order valence-electron chi connectivity index (χ4n) is 7.01. The van der Waals surface area contributed by atoms with Crippen LogP contribution in [0.2, 0.25) is 0 Å². The molecule has 5 atom stereocenters. The van der Waals surface area contributed by atoms with Gasteiger partial charge in [-0.25, -0.2) is 14.4 Å². The van der Waals surface area contributed by atoms with E-state index in [0.717, 1.165) is 51.4 Å². The molecule has 0 radical (unpaired) electrons. The normalized spacial score (nSPS) is 16.1. The van der Waals surface area contributed by atoms with Gasteiger partial charge in [0.1, 0.15) is 34.7 Å². The Labute approximate surface area is 435 Å². The monoisotopic (exact) mass is 1120 g/mol. The smallest absolute Gasteiger partial charge is 0.326 e. The van der Waals surface area contributed by atoms with Gasteiger partial charge < -0.3 is 51.9 Å². The van der Waals surface area contributed by atoms with Crippen LogP contribution in [0.4, 0.5) is 0 Å². The molecule has 4 amide bonds. The number of Topliss-reactive ketones (excluding diaryl/α,β-unsaturated/α-hetero) is 1. The number of nitrogens with one attached hydrogen (secondary N) is 5. The summed E-state index contributed by atoms with van der Waals surface area (Å²) >= 11 is 0. The molecule has 2 heterocycles. The van der Waals surface area contributed by atoms with Crippen molar-refractivity contribution in [3.8, 4) is 0 Å². The van der Waals surface area contributed by atoms with Gasteiger partial charge in [-0.15, -0.1) is 0 Å². The van der Waals surface area contributed by atoms with Gasteiger partial charge in [0.2, 0.25) is 23.6 Å². The lowest BCUT2D eigenvalue weighted by molar-refractivity contribution is -0.145. The summed E-state index contributed by atoms with van der Waals surface area (Å²) in [6, 6.07) is -5.41. The highest BCUT2D eigenvalue weighted by Gasteiger charge is 2.52. The van der Waals surface area contributed by atoms with Crippen molar-refractivity contribution in [3.05, 3.63) is 0 Å². The number of carboxylic acids is 6. The molecule has 28 heteroatoms. The molecule has 0 unspecified atom stereocenters. The van der Waals surface area contributed by atoms with Crippen LogP contribution in [0, 0.1) is 5.92 Å². The summed E-state index contributed by atoms with van der Waals surface area (Å²) in [4.78, 5) is 133. The molecule has 2 aliphatic heterocycles. The van der Waals surface area contributed by atoms with Crippen molar-refractivity contribution in [2.45, 2.75) is 186 Å². The largest absolute Gasteiger partial charge is 0.481 e. The second kappa shape index (κ2) is 35.6. The second-order valence-corrected chi connectivity index (χ2v) is 26.4. The highest BCUT2D eigenvalue weighted by Crippen LogP contribution is 2.84. The predicted octanol–water partition coefficient (Wildman–Crippen LogP) is 5.64. The van der Waals surface area contributed by atoms with Gasteiger partial charge in [-0.2, -0.15) is 0 Å². The summed E-state index contributed by atoms with van der Waals surface area (Å²) in [6.45, 7) is 0.231. The molecule has 2 rings (SSSR count). The van der Waals surface area contributed by atoms with E-state index >= 15 is 0 Å². The molecule has 71 heavy (non-hydrogen) atoms. The number of hydrogen-bond donors (Lipinski definition) is 11. The van der Waals surface area contributed by atoms with Crippen molar-refractivity contribution >= 4 is 130 Å². The maximum Gasteiger partial charge on any atom is 0.326 e. The maximum atomic E-state index is 12.7. The summed E-state index contributed by atoms with van der Waals surface area (Å²) in [5, 5.41) is 69.5. The van der Waals surface area contributed by atoms with Crippen LogP contribution in [0.25, 0.3) is 0 Å². The van der Waals surface area contributed by atoms with Gasteiger partial charge in [-0.1, -0.05) is 73.0 Å². The Morgan fingerprint density at radius 3 is 1.27 bits per heavy atom. The maximum absolute atomic E-state index is 12.7. The zero-order chi connectivity index (χ0) is 52.8. The predicted molar refractivity (Wildman–Crippen MR) is 273 cm³/mol. The first-order valence-corrected chi connectivity index (χ1v) is 30.1. The lowest BCUT2D eigenvalue weighted by atomic mass is 9.94. The average Bonchev–Trinajstić information content (AvgIpc) is 4.07. The van der Waals surface area contributed by atoms with E-state index in [1.165, 1.54) is 0 Å². The molecule has 0 aromatic heterocycles. The Kier molecular flexibility index (Phi) is 31.8. The minimum Gasteiger partial charge on any atom is -0.481 e. The highest BCUT2D eigenvalue weighted by atomic mass is 33.2. The number of unbranched alkanes of at least 4 members (excludes halogenated alkanes) is 10. The number of carbonyl (C=O) groups excluding carboxylic acids is 5. The molecule has 0 aromatic carbocycles. The Morgan fingerprint density at radius 2 is 0.831 bits per heavy atom. The Balaban J connectivity index is 1.66. The molecule has 2 aliphatic rings. The zero-order valence-corrected chi connectivity index (χ0v) is 44.2. The van der Waals surface area contributed by atoms with Crippen molar-refractivity contribution in [2.75, 3.05) is 6.54 Å². The lowest BCUT2D eigenvalue weighted by Crippen LogP contribution is -2.45. The molecule has 11 N–H and O–H groups in total. The molecular weight excluding hydrogens is 1050 g/mol. The van der Waals surface area contributed by atoms with Crippen molar-refractivity contribution in [2.24, 2.45) is 5.92 Å². The highest BCUT2D eigenvalue weighted by molar-refractivity contribution is 9.14. The summed E-state index contributed by atoms with van der Waals surface area (Å²) in [5.41, 5.74) is 0. The summed E-state index contributed by atoms with van der Waals surface area (Å²) in [7, 11) is 10.1. The summed E-state index contributed by atoms with van der Waals surface area (Å²) in [5.74, 6) is -12.2. The summed E-state index contributed by atoms with van der Waals surface area (Å²) in [6.07, 6.45) is 6.70. The summed E-state index contributed by atoms with van der Waals surface area (Å²) < 4.78 is 0.00563. The van der Waals surface area contributed by atoms with Gasteiger partial charge in [0.15, 0.2) is 2.74 Å². The second-order valence-electron chi connectivity index (χ2n) is 17.0. The number of hydrogen-bond acceptors (Lipinski definition) is 18. The number of rotatable bonds is 42. The van der Waals surface area contributed by atoms with Gasteiger partial charge in [0, 0.05) is 51.5 Å². The third kappa shape index (κ3) is 29.7. The van der Waals surface area contributed by atoms with Crippen LogP contribution >= 0.6 is 64.8 Å². The van der Waals surface area contributed by atoms with E-state index in [2.05, 4.69) is 26.6 Å². The molecule has 22 nitrogen and oxygen atoms in total. The van der Waals surface area contributed by atoms with E-state index in [0.29, 0.717) is 32.1 Å². The lowest BCUT2D eigenvalue weighted by Gasteiger charge is -2.27. The molecule has 2 fully saturated rings. The quantitative estimate of drug-likeness (QED) is 0.0200. The van der Waals surface area contributed by atoms with Gasteiger partial charge in [-0.3, -0.25) is 43.7 Å². The van der Waals surface area contributed by atoms with Gasteiger partial charge >= 0.3 is 35.8 Å². The van der Waals surface area contributed by atoms with E-state index in [1.807, 2.05) is 0 Å². The zero-order valence-electron chi connectivity index (χ0n) is 39.3. The van der Waals surface area contributed by atoms with E-state index in [1.54, 1.807) is 64.8 Å². The standard InChI is InChI=1S/C43H67N5O17S6/c49-27(25-26(37(56)57)16-21-32(50)44-24-12-11-13-28(38(58)59)48-42-66-68-43(69-67-42)70-71-43)17-18-29(39(60)61)46-34(52)23-20-31(41(64)65)47-35(53)22-19-30(40(62)63)45-33(51)14-9-7-5-3-1-2-4-6-8-10-15-36(54)55/h26,28-31,42,48H,1-25H2,(H,44,50)(H,45,51)(H,46,52)(H,47,53)(H,54,55)(H,56,57)(H,58,59)(H,60,61)(H,62,63)(H,64,65)/t26-,28+,29+,30+,31+/m1/s1. The van der Waals surface area contributed by atoms with E-state index in [4.69, 9.17) is 5.11 Å². The van der Waals surface area contributed by atoms with Crippen LogP contribution in [0.1, 0.15) is 154 Å². The average molecular weight is 1120 g/mol. The Hall–Kier alpha value is -3.57. The van der Waals surface area contributed by atoms with Gasteiger partial charge in [-0.05, 0) is 101 Å². The van der Waals surface area contributed by atoms with Crippen LogP contribution in [0.3, 0.4) is 0 Å². The molecule has 0 aliphatic carbocycles. The van der Waals surface area contributed by atoms with E-state index in [-0.39, 0.29) is 46.1 Å². The number of amides is 4. The number of aliphatic carboxylic acids is 6. The van der Waals surface area contributed by atoms with Crippen LogP contribution in [0.15, 0.2) is 0 Å². The fraction of sp³-hybridized carbons (Fsp3) is 0.744. The minimum atomic E-state index is -1.62. The van der Waals surface area contributed by atoms with Crippen LogP contribution in [-0.4, -0.2) is 134 Å². The molecule has 2 saturated heterocycles. The number of ketones is 1. The first-order chi connectivity index (χ1) is 33.7. The molecule has 0 bridgehead atoms.